The first-order valence-corrected chi connectivity index (χ1v) is 4.22. The third kappa shape index (κ3) is 5.10. The van der Waals surface area contributed by atoms with Crippen LogP contribution in [-0.2, 0) is 0 Å². The number of aliphatic hydroxyl groups is 2. The van der Waals surface area contributed by atoms with Gasteiger partial charge < -0.3 is 10.2 Å². The van der Waals surface area contributed by atoms with E-state index in [9.17, 15) is 0 Å². The molecule has 0 unspecified atom stereocenters. The first kappa shape index (κ1) is 11.4. The Morgan fingerprint density at radius 2 is 1.92 bits per heavy atom. The average Bonchev–Trinajstić information content (AvgIpc) is 1.96. The highest BCUT2D eigenvalue weighted by atomic mass is 16.5. The predicted molar refractivity (Wildman–Crippen MR) is 50.6 cm³/mol. The van der Waals surface area contributed by atoms with Gasteiger partial charge >= 0.3 is 0 Å². The molecule has 0 aliphatic heterocycles. The maximum Gasteiger partial charge on any atom is 0.174 e. The zero-order valence-electron chi connectivity index (χ0n) is 8.04. The summed E-state index contributed by atoms with van der Waals surface area (Å²) in [6.45, 7) is 5.88. The summed E-state index contributed by atoms with van der Waals surface area (Å²) in [4.78, 5) is 0. The molecular formula is C10H18O2. The molecule has 0 radical (unpaired) electrons. The van der Waals surface area contributed by atoms with Crippen LogP contribution < -0.4 is 0 Å². The Labute approximate surface area is 74.2 Å². The highest BCUT2D eigenvalue weighted by Gasteiger charge is 2.03. The van der Waals surface area contributed by atoms with Crippen LogP contribution in [0.25, 0.3) is 0 Å². The lowest BCUT2D eigenvalue weighted by atomic mass is 10.1. The van der Waals surface area contributed by atoms with Crippen molar-refractivity contribution in [2.45, 2.75) is 39.9 Å². The second-order valence-electron chi connectivity index (χ2n) is 3.06. The van der Waals surface area contributed by atoms with Crippen molar-refractivity contribution in [3.63, 3.8) is 0 Å². The molecule has 0 fully saturated rings. The number of aliphatic hydroxyl groups excluding tert-OH is 1. The standard InChI is InChI=1S/C10H18O2/c1-4-9(10(11)12)7-5-6-8(2)3/h4,6,10-12H,5,7H2,1-3H3/b9-4-. The number of allylic oxidation sites excluding steroid dienone is 3. The minimum atomic E-state index is -1.29. The van der Waals surface area contributed by atoms with Gasteiger partial charge in [-0.15, -0.1) is 0 Å². The first-order chi connectivity index (χ1) is 5.57. The van der Waals surface area contributed by atoms with Crippen molar-refractivity contribution in [1.82, 2.24) is 0 Å². The molecule has 0 saturated heterocycles. The van der Waals surface area contributed by atoms with Crippen LogP contribution in [0.5, 0.6) is 0 Å². The van der Waals surface area contributed by atoms with Crippen LogP contribution in [0.4, 0.5) is 0 Å². The molecule has 2 N–H and O–H groups in total. The van der Waals surface area contributed by atoms with E-state index >= 15 is 0 Å². The smallest absolute Gasteiger partial charge is 0.174 e. The van der Waals surface area contributed by atoms with Crippen molar-refractivity contribution in [2.75, 3.05) is 0 Å². The largest absolute Gasteiger partial charge is 0.365 e. The lowest BCUT2D eigenvalue weighted by Gasteiger charge is -2.06. The molecule has 0 bridgehead atoms. The van der Waals surface area contributed by atoms with Crippen molar-refractivity contribution in [2.24, 2.45) is 0 Å². The molecule has 0 aliphatic carbocycles. The topological polar surface area (TPSA) is 40.5 Å². The zero-order valence-corrected chi connectivity index (χ0v) is 8.04. The molecule has 2 heteroatoms. The number of hydrogen-bond acceptors (Lipinski definition) is 2. The minimum Gasteiger partial charge on any atom is -0.365 e. The maximum absolute atomic E-state index is 8.84. The third-order valence-electron chi connectivity index (χ3n) is 1.69. The van der Waals surface area contributed by atoms with E-state index < -0.39 is 6.29 Å². The second kappa shape index (κ2) is 5.98. The van der Waals surface area contributed by atoms with Gasteiger partial charge in [-0.05, 0) is 39.2 Å². The predicted octanol–water partition coefficient (Wildman–Crippen LogP) is 1.99. The summed E-state index contributed by atoms with van der Waals surface area (Å²) in [5.41, 5.74) is 1.95. The average molecular weight is 170 g/mol. The van der Waals surface area contributed by atoms with Crippen LogP contribution in [0.15, 0.2) is 23.3 Å². The summed E-state index contributed by atoms with van der Waals surface area (Å²) in [5.74, 6) is 0. The fraction of sp³-hybridized carbons (Fsp3) is 0.600. The van der Waals surface area contributed by atoms with Gasteiger partial charge in [0.2, 0.25) is 0 Å². The highest BCUT2D eigenvalue weighted by molar-refractivity contribution is 5.05. The van der Waals surface area contributed by atoms with Crippen molar-refractivity contribution >= 4 is 0 Å². The molecule has 0 heterocycles. The summed E-state index contributed by atoms with van der Waals surface area (Å²) in [5, 5.41) is 17.7. The van der Waals surface area contributed by atoms with Gasteiger partial charge in [0.05, 0.1) is 0 Å². The highest BCUT2D eigenvalue weighted by Crippen LogP contribution is 2.09. The van der Waals surface area contributed by atoms with Crippen molar-refractivity contribution in [3.8, 4) is 0 Å². The van der Waals surface area contributed by atoms with Crippen LogP contribution in [0.2, 0.25) is 0 Å². The Kier molecular flexibility index (Phi) is 5.68. The Balaban J connectivity index is 3.84. The van der Waals surface area contributed by atoms with Crippen molar-refractivity contribution in [1.29, 1.82) is 0 Å². The lowest BCUT2D eigenvalue weighted by molar-refractivity contribution is -0.0102. The molecule has 70 valence electrons. The van der Waals surface area contributed by atoms with Crippen LogP contribution in [-0.4, -0.2) is 16.5 Å². The molecule has 0 saturated carbocycles. The van der Waals surface area contributed by atoms with E-state index in [2.05, 4.69) is 6.08 Å². The zero-order chi connectivity index (χ0) is 9.56. The van der Waals surface area contributed by atoms with Crippen molar-refractivity contribution in [3.05, 3.63) is 23.3 Å². The molecule has 0 aromatic carbocycles. The van der Waals surface area contributed by atoms with E-state index in [1.807, 2.05) is 20.8 Å². The fourth-order valence-electron chi connectivity index (χ4n) is 0.950. The van der Waals surface area contributed by atoms with Gasteiger partial charge in [-0.3, -0.25) is 0 Å². The van der Waals surface area contributed by atoms with E-state index in [-0.39, 0.29) is 0 Å². The quantitative estimate of drug-likeness (QED) is 0.500. The Morgan fingerprint density at radius 1 is 1.33 bits per heavy atom. The van der Waals surface area contributed by atoms with E-state index in [0.717, 1.165) is 12.8 Å². The van der Waals surface area contributed by atoms with Gasteiger partial charge in [-0.1, -0.05) is 17.7 Å². The molecule has 0 amide bonds. The lowest BCUT2D eigenvalue weighted by Crippen LogP contribution is -2.07. The fourth-order valence-corrected chi connectivity index (χ4v) is 0.950. The first-order valence-electron chi connectivity index (χ1n) is 4.22. The van der Waals surface area contributed by atoms with E-state index in [4.69, 9.17) is 10.2 Å². The van der Waals surface area contributed by atoms with Crippen molar-refractivity contribution < 1.29 is 10.2 Å². The van der Waals surface area contributed by atoms with Gasteiger partial charge in [-0.2, -0.15) is 0 Å². The van der Waals surface area contributed by atoms with E-state index in [0.29, 0.717) is 5.57 Å². The second-order valence-corrected chi connectivity index (χ2v) is 3.06. The Hall–Kier alpha value is -0.600. The summed E-state index contributed by atoms with van der Waals surface area (Å²) in [6, 6.07) is 0. The molecule has 0 aliphatic rings. The van der Waals surface area contributed by atoms with Gasteiger partial charge in [-0.25, -0.2) is 0 Å². The molecule has 0 aromatic heterocycles. The van der Waals surface area contributed by atoms with Crippen LogP contribution in [0, 0.1) is 0 Å². The molecular weight excluding hydrogens is 152 g/mol. The third-order valence-corrected chi connectivity index (χ3v) is 1.69. The van der Waals surface area contributed by atoms with E-state index in [1.54, 1.807) is 6.08 Å². The molecule has 0 atom stereocenters. The van der Waals surface area contributed by atoms with Gasteiger partial charge in [0.25, 0.3) is 0 Å². The molecule has 0 aromatic rings. The van der Waals surface area contributed by atoms with Gasteiger partial charge in [0.1, 0.15) is 0 Å². The van der Waals surface area contributed by atoms with Gasteiger partial charge in [0, 0.05) is 0 Å². The molecule has 2 nitrogen and oxygen atoms in total. The molecule has 0 spiro atoms. The SMILES string of the molecule is C/C=C(/CCC=C(C)C)C(O)O. The summed E-state index contributed by atoms with van der Waals surface area (Å²) >= 11 is 0. The van der Waals surface area contributed by atoms with Crippen LogP contribution in [0.3, 0.4) is 0 Å². The summed E-state index contributed by atoms with van der Waals surface area (Å²) in [6.07, 6.45) is 4.15. The normalized spacial score (nSPS) is 12.0. The van der Waals surface area contributed by atoms with E-state index in [1.165, 1.54) is 5.57 Å². The summed E-state index contributed by atoms with van der Waals surface area (Å²) < 4.78 is 0. The number of rotatable bonds is 4. The number of hydrogen-bond donors (Lipinski definition) is 2. The summed E-state index contributed by atoms with van der Waals surface area (Å²) in [7, 11) is 0. The Bertz CT molecular complexity index is 174. The minimum absolute atomic E-state index is 0.688. The molecule has 0 rings (SSSR count). The monoisotopic (exact) mass is 170 g/mol. The van der Waals surface area contributed by atoms with Gasteiger partial charge in [0.15, 0.2) is 6.29 Å². The van der Waals surface area contributed by atoms with Crippen LogP contribution >= 0.6 is 0 Å². The Morgan fingerprint density at radius 3 is 2.25 bits per heavy atom. The molecule has 12 heavy (non-hydrogen) atoms. The maximum atomic E-state index is 8.84. The van der Waals surface area contributed by atoms with Crippen LogP contribution in [0.1, 0.15) is 33.6 Å².